The largest absolute Gasteiger partial charge is 0.492 e. The Morgan fingerprint density at radius 1 is 0.869 bits per heavy atom. The molecule has 6 aliphatic rings. The summed E-state index contributed by atoms with van der Waals surface area (Å²) in [5.74, 6) is 12.1. The van der Waals surface area contributed by atoms with Gasteiger partial charge in [-0.2, -0.15) is 5.48 Å². The van der Waals surface area contributed by atoms with Gasteiger partial charge < -0.3 is 92.8 Å². The molecular weight excluding hydrogens is 1250 g/mol. The van der Waals surface area contributed by atoms with Crippen LogP contribution in [0.2, 0.25) is 0 Å². The fourth-order valence-electron chi connectivity index (χ4n) is 10.7. The van der Waals surface area contributed by atoms with Crippen LogP contribution in [0.1, 0.15) is 62.9 Å². The van der Waals surface area contributed by atoms with Crippen molar-refractivity contribution in [2.45, 2.75) is 175 Å². The Bertz CT molecular complexity index is 2660. The van der Waals surface area contributed by atoms with E-state index in [0.717, 1.165) is 11.8 Å². The Morgan fingerprint density at radius 3 is 2.26 bits per heavy atom. The summed E-state index contributed by atoms with van der Waals surface area (Å²) in [4.78, 5) is 33.5. The number of likely N-dealkylation sites (N-methyl/N-ethyl adjacent to an activating group) is 1. The first kappa shape index (κ1) is 68.6. The second-order valence-corrected chi connectivity index (χ2v) is 26.6. The van der Waals surface area contributed by atoms with Crippen LogP contribution in [0.5, 0.6) is 17.2 Å². The molecule has 2 bridgehead atoms. The minimum atomic E-state index is -1.96. The summed E-state index contributed by atoms with van der Waals surface area (Å²) in [6.45, 7) is 9.39. The molecule has 4 fully saturated rings. The van der Waals surface area contributed by atoms with Crippen molar-refractivity contribution in [2.75, 3.05) is 60.7 Å². The average Bonchev–Trinajstić information content (AvgIpc) is 1.36. The zero-order valence-corrected chi connectivity index (χ0v) is 53.1. The lowest BCUT2D eigenvalue weighted by atomic mass is 9.74. The van der Waals surface area contributed by atoms with Crippen LogP contribution in [0.3, 0.4) is 0 Å². The minimum absolute atomic E-state index is 0.00166. The number of rotatable bonds is 22. The van der Waals surface area contributed by atoms with Crippen LogP contribution in [-0.4, -0.2) is 224 Å². The van der Waals surface area contributed by atoms with Gasteiger partial charge in [0.25, 0.3) is 0 Å². The first-order chi connectivity index (χ1) is 40.2. The molecule has 4 heterocycles. The average molecular weight is 1320 g/mol. The second-order valence-electron chi connectivity index (χ2n) is 20.2. The highest BCUT2D eigenvalue weighted by Crippen LogP contribution is 2.51. The van der Waals surface area contributed by atoms with Gasteiger partial charge >= 0.3 is 6.09 Å². The molecule has 1 aromatic rings. The van der Waals surface area contributed by atoms with Crippen molar-refractivity contribution in [1.29, 1.82) is 0 Å². The predicted octanol–water partition coefficient (Wildman–Crippen LogP) is 3.15. The van der Waals surface area contributed by atoms with Gasteiger partial charge in [-0.25, -0.2) is 4.79 Å². The van der Waals surface area contributed by atoms with E-state index in [4.69, 9.17) is 61.7 Å². The Kier molecular flexibility index (Phi) is 25.7. The van der Waals surface area contributed by atoms with E-state index in [0.29, 0.717) is 17.9 Å². The van der Waals surface area contributed by atoms with Crippen molar-refractivity contribution in [2.24, 2.45) is 0 Å². The molecule has 20 atom stereocenters. The van der Waals surface area contributed by atoms with Gasteiger partial charge in [0, 0.05) is 50.4 Å². The van der Waals surface area contributed by atoms with E-state index in [-0.39, 0.29) is 82.1 Å². The Morgan fingerprint density at radius 2 is 1.60 bits per heavy atom. The summed E-state index contributed by atoms with van der Waals surface area (Å²) in [5.41, 5.74) is 1.65. The van der Waals surface area contributed by atoms with E-state index in [1.807, 2.05) is 13.2 Å². The Balaban J connectivity index is 1.12. The molecule has 9 N–H and O–H groups in total. The zero-order valence-electron chi connectivity index (χ0n) is 48.3. The van der Waals surface area contributed by atoms with Gasteiger partial charge in [-0.1, -0.05) is 70.0 Å². The number of thioether (sulfide) groups is 1. The number of hydrogen-bond acceptors (Lipinski definition) is 27. The molecule has 4 saturated heterocycles. The van der Waals surface area contributed by atoms with E-state index >= 15 is 0 Å². The summed E-state index contributed by atoms with van der Waals surface area (Å²) in [6, 6.07) is -1.25. The number of carbonyl (C=O) groups is 2. The van der Waals surface area contributed by atoms with Crippen LogP contribution in [0, 0.1) is 30.6 Å². The van der Waals surface area contributed by atoms with Crippen LogP contribution in [0.4, 0.5) is 4.79 Å². The third kappa shape index (κ3) is 15.7. The third-order valence-electron chi connectivity index (χ3n) is 14.9. The van der Waals surface area contributed by atoms with Crippen LogP contribution in [0.25, 0.3) is 0 Å². The van der Waals surface area contributed by atoms with Crippen molar-refractivity contribution >= 4 is 70.3 Å². The number of carbonyl (C=O) groups excluding carboxylic acids is 2. The number of fused-ring (bicyclic) bond motifs is 2. The van der Waals surface area contributed by atoms with Crippen LogP contribution >= 0.6 is 59.1 Å². The molecule has 1 amide bonds. The topological polar surface area (TPSA) is 312 Å². The number of halogens is 1. The highest BCUT2D eigenvalue weighted by atomic mass is 79.9. The smallest absolute Gasteiger partial charge is 0.411 e. The number of aliphatic hydroxyl groups is 6. The quantitative estimate of drug-likeness (QED) is 0.0349. The van der Waals surface area contributed by atoms with Gasteiger partial charge in [0.05, 0.1) is 97.6 Å². The van der Waals surface area contributed by atoms with Crippen LogP contribution in [0.15, 0.2) is 39.5 Å². The number of nitrogens with one attached hydrogen (secondary N) is 3. The van der Waals surface area contributed by atoms with Gasteiger partial charge in [0.1, 0.15) is 36.6 Å². The molecule has 1 aromatic carbocycles. The van der Waals surface area contributed by atoms with Crippen molar-refractivity contribution in [3.63, 3.8) is 0 Å². The standard InChI is InChI=1S/C55H76BrN3O21S4/c1-12-57-30-24-73-35(22-34(30)68-6)78-48-43(63)40(26(3)75-53(48)77-33-17-15-13-14-16-19-55(67)23-32(61)41(58-54(66)72-10)38(33)29(55)18-20-82-84-81-11)59-80-36-21-31(60)50(28(5)74-36)83-51(65)37-25(2)39(56)46(49(71-9)45(37)69-7)79-52-44(64)47(70-8)42(62)27(4)76-52/h13-14,18,26-28,30-36,40,42-44,47-48,50,52-53,57,59-64,67H,12,20-24H2,1-11H3,(H,58,66)/b14-13-,29-18-/t26-,27+,28-,30+,31+,32-,33-,34+,35+,36+,40-,42+,43+,44-,47-,48-,50-,52+,53+,55+/m1/s1. The molecule has 468 valence electrons. The maximum atomic E-state index is 14.4. The minimum Gasteiger partial charge on any atom is -0.492 e. The zero-order chi connectivity index (χ0) is 61.2. The number of hydrogen-bond donors (Lipinski definition) is 9. The Labute approximate surface area is 513 Å². The molecule has 7 rings (SSSR count). The predicted molar refractivity (Wildman–Crippen MR) is 316 cm³/mol. The second kappa shape index (κ2) is 31.5. The maximum Gasteiger partial charge on any atom is 0.411 e. The fourth-order valence-corrected chi connectivity index (χ4v) is 14.7. The van der Waals surface area contributed by atoms with E-state index in [2.05, 4.69) is 55.7 Å². The first-order valence-corrected chi connectivity index (χ1v) is 32.8. The summed E-state index contributed by atoms with van der Waals surface area (Å²) < 4.78 is 72.4. The molecule has 4 aliphatic heterocycles. The van der Waals surface area contributed by atoms with E-state index in [9.17, 15) is 40.2 Å². The molecule has 84 heavy (non-hydrogen) atoms. The van der Waals surface area contributed by atoms with Gasteiger partial charge in [0.2, 0.25) is 17.2 Å². The Hall–Kier alpha value is -2.90. The lowest BCUT2D eigenvalue weighted by Crippen LogP contribution is -2.65. The number of benzene rings is 1. The summed E-state index contributed by atoms with van der Waals surface area (Å²) >= 11 is 4.36. The molecule has 29 heteroatoms. The van der Waals surface area contributed by atoms with Gasteiger partial charge in [-0.05, 0) is 84.0 Å². The van der Waals surface area contributed by atoms with Gasteiger partial charge in [-0.3, -0.25) is 14.9 Å². The lowest BCUT2D eigenvalue weighted by Gasteiger charge is -2.47. The van der Waals surface area contributed by atoms with Gasteiger partial charge in [-0.15, -0.1) is 0 Å². The fraction of sp³-hybridized carbons (Fsp3) is 0.673. The number of amides is 1. The number of hydroxylamine groups is 1. The molecular formula is C55H76BrN3O21S4. The summed E-state index contributed by atoms with van der Waals surface area (Å²) in [6.07, 6.45) is -12.9. The molecule has 0 radical (unpaired) electrons. The maximum absolute atomic E-state index is 14.4. The van der Waals surface area contributed by atoms with E-state index in [1.54, 1.807) is 40.9 Å². The first-order valence-electron chi connectivity index (χ1n) is 27.0. The summed E-state index contributed by atoms with van der Waals surface area (Å²) in [7, 11) is 11.3. The number of aliphatic hydroxyl groups excluding tert-OH is 5. The number of ether oxygens (including phenoxy) is 12. The normalized spacial score (nSPS) is 36.8. The van der Waals surface area contributed by atoms with Crippen molar-refractivity contribution in [3.8, 4) is 40.9 Å². The molecule has 0 aromatic heterocycles. The van der Waals surface area contributed by atoms with Crippen LogP contribution < -0.4 is 30.3 Å². The molecule has 0 unspecified atom stereocenters. The third-order valence-corrected chi connectivity index (χ3v) is 21.0. The van der Waals surface area contributed by atoms with Crippen molar-refractivity contribution in [1.82, 2.24) is 16.1 Å². The van der Waals surface area contributed by atoms with E-state index < -0.39 is 120 Å². The monoisotopic (exact) mass is 1320 g/mol. The summed E-state index contributed by atoms with van der Waals surface area (Å²) in [5, 5.41) is 74.5. The molecule has 24 nitrogen and oxygen atoms in total. The SMILES string of the molecule is CCN[C@H]1CO[C@@H](O[C@H]2[C@H](O[C@@H]3C#C/C=C\C#C[C@]4(O)C[C@@H](O)C(NC(=O)OC)=C3/C4=C/CSSSC)O[C@H](C)[C@@H](NO[C@H]3C[C@H](O)[C@H](SC(=O)c4c(C)c(Br)c(O[C@@H]5O[C@@H](C)[C@H](O)[C@@H](OC)[C@H]5O)c(OC)c4OC)[C@@H](C)O3)[C@@H]2O)C[C@@H]1OC. The van der Waals surface area contributed by atoms with Crippen LogP contribution in [-0.2, 0) is 47.5 Å². The number of alkyl carbamates (subject to hydrolysis) is 1. The molecule has 0 saturated carbocycles. The highest BCUT2D eigenvalue weighted by Gasteiger charge is 2.52. The highest BCUT2D eigenvalue weighted by molar-refractivity contribution is 9.10. The van der Waals surface area contributed by atoms with Crippen molar-refractivity contribution in [3.05, 3.63) is 50.7 Å². The lowest BCUT2D eigenvalue weighted by molar-refractivity contribution is -0.336. The van der Waals surface area contributed by atoms with E-state index in [1.165, 1.54) is 72.0 Å². The molecule has 2 aliphatic carbocycles. The van der Waals surface area contributed by atoms with Gasteiger partial charge in [0.15, 0.2) is 36.0 Å². The number of methoxy groups -OCH3 is 5. The van der Waals surface area contributed by atoms with Crippen molar-refractivity contribution < 1.29 is 102 Å². The number of allylic oxidation sites excluding steroid dienone is 2. The molecule has 0 spiro atoms.